The molecule has 82 valence electrons. The van der Waals surface area contributed by atoms with E-state index in [9.17, 15) is 9.18 Å². The van der Waals surface area contributed by atoms with Crippen molar-refractivity contribution in [3.63, 3.8) is 0 Å². The van der Waals surface area contributed by atoms with Crippen LogP contribution in [-0.2, 0) is 11.2 Å². The minimum absolute atomic E-state index is 0.0414. The maximum atomic E-state index is 13.1. The number of nitrogens with zero attached hydrogens (tertiary/aromatic N) is 1. The summed E-state index contributed by atoms with van der Waals surface area (Å²) < 4.78 is 13.1. The molecule has 1 heterocycles. The molecule has 1 aromatic heterocycles. The number of hydrogen-bond acceptors (Lipinski definition) is 3. The smallest absolute Gasteiger partial charge is 0.320 e. The summed E-state index contributed by atoms with van der Waals surface area (Å²) in [6.07, 6.45) is 0.366. The molecule has 0 aliphatic heterocycles. The van der Waals surface area contributed by atoms with Crippen molar-refractivity contribution < 1.29 is 14.3 Å². The van der Waals surface area contributed by atoms with Gasteiger partial charge in [0.05, 0.1) is 0 Å². The first-order chi connectivity index (χ1) is 7.02. The Balaban J connectivity index is 2.89. The van der Waals surface area contributed by atoms with Crippen molar-refractivity contribution in [2.24, 2.45) is 5.73 Å². The topological polar surface area (TPSA) is 76.2 Å². The van der Waals surface area contributed by atoms with E-state index in [-0.39, 0.29) is 6.42 Å². The molecule has 0 bridgehead atoms. The second kappa shape index (κ2) is 4.84. The zero-order valence-electron chi connectivity index (χ0n) is 8.35. The van der Waals surface area contributed by atoms with Gasteiger partial charge in [-0.3, -0.25) is 9.78 Å². The molecule has 0 aliphatic carbocycles. The van der Waals surface area contributed by atoms with Gasteiger partial charge in [0.1, 0.15) is 12.2 Å². The summed E-state index contributed by atoms with van der Waals surface area (Å²) in [5, 5.41) is 8.63. The van der Waals surface area contributed by atoms with E-state index in [2.05, 4.69) is 4.98 Å². The van der Waals surface area contributed by atoms with Gasteiger partial charge in [0, 0.05) is 23.9 Å². The van der Waals surface area contributed by atoms with Crippen molar-refractivity contribution in [1.29, 1.82) is 0 Å². The molecule has 2 atom stereocenters. The highest BCUT2D eigenvalue weighted by atomic mass is 19.1. The number of aromatic nitrogens is 1. The predicted molar refractivity (Wildman–Crippen MR) is 53.1 cm³/mol. The first-order valence-electron chi connectivity index (χ1n) is 4.58. The second-order valence-electron chi connectivity index (χ2n) is 3.30. The third-order valence-corrected chi connectivity index (χ3v) is 2.08. The van der Waals surface area contributed by atoms with Crippen molar-refractivity contribution in [3.05, 3.63) is 29.6 Å². The molecule has 1 aromatic rings. The Morgan fingerprint density at radius 3 is 2.93 bits per heavy atom. The average molecular weight is 212 g/mol. The van der Waals surface area contributed by atoms with Gasteiger partial charge < -0.3 is 10.8 Å². The SMILES string of the molecule is CC(F)c1cccnc1CC(N)C(=O)O. The normalized spacial score (nSPS) is 14.6. The van der Waals surface area contributed by atoms with Crippen LogP contribution in [0, 0.1) is 0 Å². The summed E-state index contributed by atoms with van der Waals surface area (Å²) in [7, 11) is 0. The molecular weight excluding hydrogens is 199 g/mol. The zero-order valence-corrected chi connectivity index (χ0v) is 8.35. The van der Waals surface area contributed by atoms with Crippen LogP contribution >= 0.6 is 0 Å². The lowest BCUT2D eigenvalue weighted by Gasteiger charge is -2.11. The minimum Gasteiger partial charge on any atom is -0.480 e. The van der Waals surface area contributed by atoms with Gasteiger partial charge in [-0.05, 0) is 13.0 Å². The van der Waals surface area contributed by atoms with Gasteiger partial charge in [0.2, 0.25) is 0 Å². The zero-order chi connectivity index (χ0) is 11.4. The first-order valence-corrected chi connectivity index (χ1v) is 4.58. The highest BCUT2D eigenvalue weighted by Gasteiger charge is 2.17. The van der Waals surface area contributed by atoms with Crippen LogP contribution in [0.4, 0.5) is 4.39 Å². The Kier molecular flexibility index (Phi) is 3.74. The number of halogens is 1. The summed E-state index contributed by atoms with van der Waals surface area (Å²) in [6.45, 7) is 1.38. The largest absolute Gasteiger partial charge is 0.480 e. The van der Waals surface area contributed by atoms with Crippen LogP contribution in [0.3, 0.4) is 0 Å². The molecule has 0 saturated heterocycles. The highest BCUT2D eigenvalue weighted by Crippen LogP contribution is 2.19. The Morgan fingerprint density at radius 2 is 2.40 bits per heavy atom. The van der Waals surface area contributed by atoms with Crippen LogP contribution in [0.2, 0.25) is 0 Å². The van der Waals surface area contributed by atoms with Crippen LogP contribution in [0.5, 0.6) is 0 Å². The molecule has 0 radical (unpaired) electrons. The van der Waals surface area contributed by atoms with Crippen LogP contribution in [-0.4, -0.2) is 22.1 Å². The fraction of sp³-hybridized carbons (Fsp3) is 0.400. The molecule has 0 amide bonds. The van der Waals surface area contributed by atoms with Crippen LogP contribution < -0.4 is 5.73 Å². The van der Waals surface area contributed by atoms with E-state index in [0.29, 0.717) is 11.3 Å². The molecule has 0 spiro atoms. The summed E-state index contributed by atoms with van der Waals surface area (Å²) in [5.41, 5.74) is 6.16. The molecule has 0 aromatic carbocycles. The number of carboxylic acid groups (broad SMARTS) is 1. The first kappa shape index (κ1) is 11.6. The average Bonchev–Trinajstić information content (AvgIpc) is 2.18. The lowest BCUT2D eigenvalue weighted by molar-refractivity contribution is -0.138. The predicted octanol–water partition coefficient (Wildman–Crippen LogP) is 1.07. The molecule has 0 aliphatic rings. The van der Waals surface area contributed by atoms with Gasteiger partial charge in [-0.25, -0.2) is 4.39 Å². The molecule has 4 nitrogen and oxygen atoms in total. The molecular formula is C10H13FN2O2. The van der Waals surface area contributed by atoms with E-state index in [1.54, 1.807) is 12.1 Å². The van der Waals surface area contributed by atoms with Crippen molar-refractivity contribution in [2.75, 3.05) is 0 Å². The minimum atomic E-state index is -1.17. The summed E-state index contributed by atoms with van der Waals surface area (Å²) in [6, 6.07) is 2.15. The number of carbonyl (C=O) groups is 1. The molecule has 15 heavy (non-hydrogen) atoms. The third kappa shape index (κ3) is 2.99. The third-order valence-electron chi connectivity index (χ3n) is 2.08. The quantitative estimate of drug-likeness (QED) is 0.782. The molecule has 0 fully saturated rings. The summed E-state index contributed by atoms with van der Waals surface area (Å²) in [4.78, 5) is 14.5. The number of rotatable bonds is 4. The Morgan fingerprint density at radius 1 is 1.73 bits per heavy atom. The number of alkyl halides is 1. The van der Waals surface area contributed by atoms with E-state index in [0.717, 1.165) is 0 Å². The summed E-state index contributed by atoms with van der Waals surface area (Å²) in [5.74, 6) is -1.11. The number of nitrogens with two attached hydrogens (primary N) is 1. The maximum Gasteiger partial charge on any atom is 0.320 e. The molecule has 1 rings (SSSR count). The van der Waals surface area contributed by atoms with Gasteiger partial charge in [0.15, 0.2) is 0 Å². The van der Waals surface area contributed by atoms with Crippen molar-refractivity contribution in [3.8, 4) is 0 Å². The highest BCUT2D eigenvalue weighted by molar-refractivity contribution is 5.73. The lowest BCUT2D eigenvalue weighted by Crippen LogP contribution is -2.33. The standard InChI is InChI=1S/C10H13FN2O2/c1-6(11)7-3-2-4-13-9(7)5-8(12)10(14)15/h2-4,6,8H,5,12H2,1H3,(H,14,15). The van der Waals surface area contributed by atoms with E-state index in [4.69, 9.17) is 10.8 Å². The Hall–Kier alpha value is -1.49. The molecule has 3 N–H and O–H groups in total. The fourth-order valence-corrected chi connectivity index (χ4v) is 1.28. The van der Waals surface area contributed by atoms with Gasteiger partial charge in [-0.15, -0.1) is 0 Å². The van der Waals surface area contributed by atoms with Crippen LogP contribution in [0.15, 0.2) is 18.3 Å². The molecule has 5 heteroatoms. The monoisotopic (exact) mass is 212 g/mol. The van der Waals surface area contributed by atoms with Gasteiger partial charge in [0.25, 0.3) is 0 Å². The van der Waals surface area contributed by atoms with Gasteiger partial charge in [-0.1, -0.05) is 6.07 Å². The van der Waals surface area contributed by atoms with E-state index < -0.39 is 18.2 Å². The number of carboxylic acids is 1. The van der Waals surface area contributed by atoms with Crippen molar-refractivity contribution in [2.45, 2.75) is 25.6 Å². The second-order valence-corrected chi connectivity index (χ2v) is 3.30. The van der Waals surface area contributed by atoms with Gasteiger partial charge in [-0.2, -0.15) is 0 Å². The maximum absolute atomic E-state index is 13.1. The lowest BCUT2D eigenvalue weighted by atomic mass is 10.0. The molecule has 2 unspecified atom stereocenters. The van der Waals surface area contributed by atoms with Crippen LogP contribution in [0.1, 0.15) is 24.4 Å². The Bertz CT molecular complexity index is 355. The number of hydrogen-bond donors (Lipinski definition) is 2. The Labute approximate surface area is 86.9 Å². The number of pyridine rings is 1. The molecule has 0 saturated carbocycles. The fourth-order valence-electron chi connectivity index (χ4n) is 1.28. The van der Waals surface area contributed by atoms with E-state index in [1.807, 2.05) is 0 Å². The van der Waals surface area contributed by atoms with Crippen molar-refractivity contribution in [1.82, 2.24) is 4.98 Å². The summed E-state index contributed by atoms with van der Waals surface area (Å²) >= 11 is 0. The van der Waals surface area contributed by atoms with Gasteiger partial charge >= 0.3 is 5.97 Å². The van der Waals surface area contributed by atoms with Crippen LogP contribution in [0.25, 0.3) is 0 Å². The van der Waals surface area contributed by atoms with E-state index in [1.165, 1.54) is 13.1 Å². The number of aliphatic carboxylic acids is 1. The van der Waals surface area contributed by atoms with E-state index >= 15 is 0 Å². The van der Waals surface area contributed by atoms with Crippen molar-refractivity contribution >= 4 is 5.97 Å².